The second-order valence-electron chi connectivity index (χ2n) is 5.08. The Labute approximate surface area is 139 Å². The summed E-state index contributed by atoms with van der Waals surface area (Å²) in [7, 11) is 0. The Bertz CT molecular complexity index is 702. The monoisotopic (exact) mass is 330 g/mol. The Morgan fingerprint density at radius 2 is 1.75 bits per heavy atom. The van der Waals surface area contributed by atoms with Crippen LogP contribution in [0.5, 0.6) is 5.75 Å². The van der Waals surface area contributed by atoms with Crippen molar-refractivity contribution in [1.82, 2.24) is 5.32 Å². The molecule has 0 bridgehead atoms. The second kappa shape index (κ2) is 8.67. The van der Waals surface area contributed by atoms with Crippen LogP contribution in [0, 0.1) is 5.82 Å². The van der Waals surface area contributed by atoms with Crippen molar-refractivity contribution in [2.24, 2.45) is 0 Å². The molecule has 6 heteroatoms. The summed E-state index contributed by atoms with van der Waals surface area (Å²) in [5, 5.41) is 5.03. The first-order chi connectivity index (χ1) is 11.6. The number of halogens is 1. The maximum absolute atomic E-state index is 12.8. The van der Waals surface area contributed by atoms with Crippen LogP contribution in [-0.2, 0) is 16.0 Å². The minimum absolute atomic E-state index is 0.166. The number of nitrogens with one attached hydrogen (secondary N) is 2. The number of rotatable bonds is 7. The lowest BCUT2D eigenvalue weighted by molar-refractivity contribution is -0.125. The first-order valence-corrected chi connectivity index (χ1v) is 7.61. The van der Waals surface area contributed by atoms with Crippen LogP contribution in [-0.4, -0.2) is 25.0 Å². The zero-order chi connectivity index (χ0) is 17.4. The Balaban J connectivity index is 1.74. The van der Waals surface area contributed by atoms with Gasteiger partial charge in [-0.3, -0.25) is 9.59 Å². The third kappa shape index (κ3) is 5.39. The summed E-state index contributed by atoms with van der Waals surface area (Å²) in [6.07, 6.45) is 0.803. The predicted octanol–water partition coefficient (Wildman–Crippen LogP) is 2.52. The summed E-state index contributed by atoms with van der Waals surface area (Å²) >= 11 is 0. The number of benzene rings is 2. The Hall–Kier alpha value is -2.89. The Kier molecular flexibility index (Phi) is 6.31. The highest BCUT2D eigenvalue weighted by molar-refractivity contribution is 5.94. The summed E-state index contributed by atoms with van der Waals surface area (Å²) in [5.41, 5.74) is 1.48. The molecule has 0 atom stereocenters. The fourth-order valence-electron chi connectivity index (χ4n) is 2.05. The highest BCUT2D eigenvalue weighted by atomic mass is 19.1. The number of hydrogen-bond acceptors (Lipinski definition) is 3. The molecule has 126 valence electrons. The van der Waals surface area contributed by atoms with E-state index in [1.807, 2.05) is 25.1 Å². The number of carbonyl (C=O) groups is 2. The number of anilines is 1. The number of para-hydroxylation sites is 1. The van der Waals surface area contributed by atoms with Gasteiger partial charge in [0.2, 0.25) is 5.91 Å². The number of aryl methyl sites for hydroxylation is 1. The van der Waals surface area contributed by atoms with Crippen molar-refractivity contribution in [3.8, 4) is 5.75 Å². The maximum atomic E-state index is 12.8. The zero-order valence-corrected chi connectivity index (χ0v) is 13.3. The van der Waals surface area contributed by atoms with Gasteiger partial charge in [0.05, 0.1) is 6.54 Å². The largest absolute Gasteiger partial charge is 0.483 e. The van der Waals surface area contributed by atoms with Crippen molar-refractivity contribution in [2.45, 2.75) is 13.3 Å². The molecule has 0 saturated carbocycles. The highest BCUT2D eigenvalue weighted by Crippen LogP contribution is 2.17. The van der Waals surface area contributed by atoms with Gasteiger partial charge in [-0.25, -0.2) is 4.39 Å². The summed E-state index contributed by atoms with van der Waals surface area (Å²) in [5.74, 6) is -0.518. The van der Waals surface area contributed by atoms with E-state index in [0.29, 0.717) is 11.4 Å². The van der Waals surface area contributed by atoms with Gasteiger partial charge in [-0.1, -0.05) is 25.1 Å². The molecule has 2 rings (SSSR count). The number of carbonyl (C=O) groups excluding carboxylic acids is 2. The summed E-state index contributed by atoms with van der Waals surface area (Å²) < 4.78 is 18.2. The van der Waals surface area contributed by atoms with E-state index in [1.165, 1.54) is 24.3 Å². The topological polar surface area (TPSA) is 67.4 Å². The third-order valence-corrected chi connectivity index (χ3v) is 3.29. The molecule has 2 aromatic rings. The van der Waals surface area contributed by atoms with E-state index in [0.717, 1.165) is 12.0 Å². The lowest BCUT2D eigenvalue weighted by Gasteiger charge is -2.10. The maximum Gasteiger partial charge on any atom is 0.258 e. The average Bonchev–Trinajstić information content (AvgIpc) is 2.60. The second-order valence-corrected chi connectivity index (χ2v) is 5.08. The molecule has 0 spiro atoms. The van der Waals surface area contributed by atoms with Gasteiger partial charge < -0.3 is 15.4 Å². The van der Waals surface area contributed by atoms with Crippen LogP contribution in [0.3, 0.4) is 0 Å². The average molecular weight is 330 g/mol. The van der Waals surface area contributed by atoms with Gasteiger partial charge in [0, 0.05) is 5.69 Å². The minimum atomic E-state index is -0.399. The standard InChI is InChI=1S/C18H19FN2O3/c1-2-13-5-3-4-6-16(13)24-12-18(23)20-11-17(22)21-15-9-7-14(19)8-10-15/h3-10H,2,11-12H2,1H3,(H,20,23)(H,21,22). The molecule has 2 aromatic carbocycles. The number of hydrogen-bond donors (Lipinski definition) is 2. The van der Waals surface area contributed by atoms with Crippen LogP contribution in [0.1, 0.15) is 12.5 Å². The first-order valence-electron chi connectivity index (χ1n) is 7.61. The predicted molar refractivity (Wildman–Crippen MR) is 89.4 cm³/mol. The lowest BCUT2D eigenvalue weighted by Crippen LogP contribution is -2.35. The molecule has 0 unspecified atom stereocenters. The molecule has 24 heavy (non-hydrogen) atoms. The van der Waals surface area contributed by atoms with Crippen molar-refractivity contribution in [3.63, 3.8) is 0 Å². The van der Waals surface area contributed by atoms with Gasteiger partial charge >= 0.3 is 0 Å². The molecular weight excluding hydrogens is 311 g/mol. The normalized spacial score (nSPS) is 10.1. The fraction of sp³-hybridized carbons (Fsp3) is 0.222. The first kappa shape index (κ1) is 17.5. The van der Waals surface area contributed by atoms with Crippen molar-refractivity contribution in [3.05, 3.63) is 59.9 Å². The summed E-state index contributed by atoms with van der Waals surface area (Å²) in [4.78, 5) is 23.5. The molecule has 0 heterocycles. The SMILES string of the molecule is CCc1ccccc1OCC(=O)NCC(=O)Nc1ccc(F)cc1. The van der Waals surface area contributed by atoms with E-state index in [4.69, 9.17) is 4.74 Å². The van der Waals surface area contributed by atoms with Crippen LogP contribution in [0.4, 0.5) is 10.1 Å². The fourth-order valence-corrected chi connectivity index (χ4v) is 2.05. The molecule has 2 amide bonds. The van der Waals surface area contributed by atoms with E-state index in [-0.39, 0.29) is 19.0 Å². The van der Waals surface area contributed by atoms with Crippen molar-refractivity contribution in [1.29, 1.82) is 0 Å². The van der Waals surface area contributed by atoms with Gasteiger partial charge in [0.25, 0.3) is 5.91 Å². The molecule has 0 aliphatic rings. The van der Waals surface area contributed by atoms with Crippen LogP contribution < -0.4 is 15.4 Å². The summed E-state index contributed by atoms with van der Waals surface area (Å²) in [6, 6.07) is 12.9. The molecule has 0 radical (unpaired) electrons. The van der Waals surface area contributed by atoms with Crippen molar-refractivity contribution in [2.75, 3.05) is 18.5 Å². The smallest absolute Gasteiger partial charge is 0.258 e. The van der Waals surface area contributed by atoms with E-state index in [9.17, 15) is 14.0 Å². The van der Waals surface area contributed by atoms with Crippen LogP contribution in [0.15, 0.2) is 48.5 Å². The quantitative estimate of drug-likeness (QED) is 0.820. The lowest BCUT2D eigenvalue weighted by atomic mass is 10.1. The van der Waals surface area contributed by atoms with E-state index >= 15 is 0 Å². The van der Waals surface area contributed by atoms with Crippen molar-refractivity contribution < 1.29 is 18.7 Å². The molecule has 0 aliphatic carbocycles. The zero-order valence-electron chi connectivity index (χ0n) is 13.3. The van der Waals surface area contributed by atoms with E-state index in [2.05, 4.69) is 10.6 Å². The van der Waals surface area contributed by atoms with Gasteiger partial charge in [-0.2, -0.15) is 0 Å². The molecule has 2 N–H and O–H groups in total. The Morgan fingerprint density at radius 3 is 2.46 bits per heavy atom. The van der Waals surface area contributed by atoms with Gasteiger partial charge in [0.1, 0.15) is 11.6 Å². The molecule has 0 aliphatic heterocycles. The van der Waals surface area contributed by atoms with E-state index in [1.54, 1.807) is 6.07 Å². The van der Waals surface area contributed by atoms with E-state index < -0.39 is 11.8 Å². The van der Waals surface area contributed by atoms with Gasteiger partial charge in [0.15, 0.2) is 6.61 Å². The molecule has 0 aromatic heterocycles. The highest BCUT2D eigenvalue weighted by Gasteiger charge is 2.08. The Morgan fingerprint density at radius 1 is 1.04 bits per heavy atom. The van der Waals surface area contributed by atoms with Crippen LogP contribution >= 0.6 is 0 Å². The molecule has 0 saturated heterocycles. The molecular formula is C18H19FN2O3. The van der Waals surface area contributed by atoms with Crippen LogP contribution in [0.2, 0.25) is 0 Å². The third-order valence-electron chi connectivity index (χ3n) is 3.29. The molecule has 5 nitrogen and oxygen atoms in total. The minimum Gasteiger partial charge on any atom is -0.483 e. The van der Waals surface area contributed by atoms with Gasteiger partial charge in [-0.15, -0.1) is 0 Å². The number of amides is 2. The molecule has 0 fully saturated rings. The van der Waals surface area contributed by atoms with Gasteiger partial charge in [-0.05, 0) is 42.3 Å². The summed E-state index contributed by atoms with van der Waals surface area (Å²) in [6.45, 7) is 1.65. The van der Waals surface area contributed by atoms with Crippen LogP contribution in [0.25, 0.3) is 0 Å². The number of ether oxygens (including phenoxy) is 1. The van der Waals surface area contributed by atoms with Crippen molar-refractivity contribution >= 4 is 17.5 Å².